The second-order valence-electron chi connectivity index (χ2n) is 6.65. The van der Waals surface area contributed by atoms with Crippen LogP contribution < -0.4 is 10.6 Å². The molecule has 0 spiro atoms. The number of aryl methyl sites for hydroxylation is 1. The van der Waals surface area contributed by atoms with Crippen LogP contribution in [0.4, 0.5) is 4.79 Å². The summed E-state index contributed by atoms with van der Waals surface area (Å²) < 4.78 is 1.48. The van der Waals surface area contributed by atoms with Gasteiger partial charge in [0.05, 0.1) is 11.2 Å². The molecule has 0 aliphatic rings. The van der Waals surface area contributed by atoms with Crippen LogP contribution in [0.25, 0.3) is 0 Å². The summed E-state index contributed by atoms with van der Waals surface area (Å²) in [7, 11) is 0. The van der Waals surface area contributed by atoms with Crippen LogP contribution in [0, 0.1) is 6.92 Å². The highest BCUT2D eigenvalue weighted by Gasteiger charge is 2.32. The lowest BCUT2D eigenvalue weighted by molar-refractivity contribution is -0.141. The van der Waals surface area contributed by atoms with Gasteiger partial charge in [-0.2, -0.15) is 0 Å². The number of amides is 2. The Morgan fingerprint density at radius 1 is 1.11 bits per heavy atom. The average Bonchev–Trinajstić information content (AvgIpc) is 2.97. The molecule has 1 aromatic rings. The van der Waals surface area contributed by atoms with Gasteiger partial charge >= 0.3 is 23.9 Å². The largest absolute Gasteiger partial charge is 0.481 e. The zero-order valence-electron chi connectivity index (χ0n) is 15.2. The van der Waals surface area contributed by atoms with E-state index >= 15 is 0 Å². The van der Waals surface area contributed by atoms with Crippen LogP contribution in [0.15, 0.2) is 6.20 Å². The SMILES string of the molecule is Cc1cn(C(C)(C)C[C@H](NC(=O)N[C@@H](CCC(=O)O)C(=O)O)C(=O)O)nn1. The van der Waals surface area contributed by atoms with E-state index in [9.17, 15) is 24.3 Å². The Bertz CT molecular complexity index is 715. The summed E-state index contributed by atoms with van der Waals surface area (Å²) in [6, 6.07) is -3.81. The van der Waals surface area contributed by atoms with Crippen molar-refractivity contribution in [1.29, 1.82) is 0 Å². The van der Waals surface area contributed by atoms with Crippen molar-refractivity contribution >= 4 is 23.9 Å². The molecule has 1 aromatic heterocycles. The summed E-state index contributed by atoms with van der Waals surface area (Å²) >= 11 is 0. The molecule has 0 fully saturated rings. The van der Waals surface area contributed by atoms with Crippen LogP contribution in [0.2, 0.25) is 0 Å². The first-order valence-electron chi connectivity index (χ1n) is 8.06. The van der Waals surface area contributed by atoms with Crippen molar-refractivity contribution in [3.05, 3.63) is 11.9 Å². The van der Waals surface area contributed by atoms with E-state index < -0.39 is 48.0 Å². The topological polar surface area (TPSA) is 184 Å². The summed E-state index contributed by atoms with van der Waals surface area (Å²) in [6.07, 6.45) is 0.786. The van der Waals surface area contributed by atoms with Gasteiger partial charge in [0.1, 0.15) is 12.1 Å². The molecule has 0 unspecified atom stereocenters. The number of rotatable bonds is 10. The Kier molecular flexibility index (Phi) is 7.26. The number of hydrogen-bond donors (Lipinski definition) is 5. The first-order valence-corrected chi connectivity index (χ1v) is 8.06. The van der Waals surface area contributed by atoms with Crippen LogP contribution in [0.1, 0.15) is 38.8 Å². The molecule has 12 nitrogen and oxygen atoms in total. The molecule has 150 valence electrons. The summed E-state index contributed by atoms with van der Waals surface area (Å²) in [6.45, 7) is 5.15. The van der Waals surface area contributed by atoms with Gasteiger partial charge in [0, 0.05) is 19.0 Å². The summed E-state index contributed by atoms with van der Waals surface area (Å²) in [5.41, 5.74) is -0.156. The first kappa shape index (κ1) is 21.9. The molecule has 0 aliphatic heterocycles. The molecule has 2 atom stereocenters. The third kappa shape index (κ3) is 6.92. The van der Waals surface area contributed by atoms with Crippen molar-refractivity contribution in [2.75, 3.05) is 0 Å². The fraction of sp³-hybridized carbons (Fsp3) is 0.600. The number of nitrogens with zero attached hydrogens (tertiary/aromatic N) is 3. The molecular weight excluding hydrogens is 362 g/mol. The van der Waals surface area contributed by atoms with Gasteiger partial charge < -0.3 is 26.0 Å². The van der Waals surface area contributed by atoms with E-state index in [-0.39, 0.29) is 12.8 Å². The van der Waals surface area contributed by atoms with Crippen LogP contribution in [-0.2, 0) is 19.9 Å². The van der Waals surface area contributed by atoms with Crippen LogP contribution in [-0.4, -0.2) is 66.3 Å². The van der Waals surface area contributed by atoms with E-state index in [4.69, 9.17) is 10.2 Å². The maximum Gasteiger partial charge on any atom is 0.326 e. The van der Waals surface area contributed by atoms with E-state index in [2.05, 4.69) is 20.9 Å². The average molecular weight is 385 g/mol. The highest BCUT2D eigenvalue weighted by Crippen LogP contribution is 2.21. The Morgan fingerprint density at radius 3 is 2.11 bits per heavy atom. The molecule has 1 rings (SSSR count). The minimum atomic E-state index is -1.46. The zero-order valence-corrected chi connectivity index (χ0v) is 15.2. The van der Waals surface area contributed by atoms with Crippen molar-refractivity contribution in [1.82, 2.24) is 25.6 Å². The maximum absolute atomic E-state index is 12.0. The third-order valence-electron chi connectivity index (χ3n) is 3.79. The summed E-state index contributed by atoms with van der Waals surface area (Å²) in [5.74, 6) is -3.94. The standard InChI is InChI=1S/C15H23N5O7/c1-8-7-20(19-18-8)15(2,3)6-10(13(25)26)17-14(27)16-9(12(23)24)4-5-11(21)22/h7,9-10H,4-6H2,1-3H3,(H,21,22)(H,23,24)(H,25,26)(H2,16,17,27)/t9-,10-/m0/s1. The highest BCUT2D eigenvalue weighted by atomic mass is 16.4. The number of carboxylic acids is 3. The van der Waals surface area contributed by atoms with E-state index in [1.165, 1.54) is 4.68 Å². The zero-order chi connectivity index (χ0) is 20.8. The van der Waals surface area contributed by atoms with E-state index in [1.54, 1.807) is 27.0 Å². The Balaban J connectivity index is 2.77. The van der Waals surface area contributed by atoms with Gasteiger partial charge in [-0.15, -0.1) is 5.10 Å². The smallest absolute Gasteiger partial charge is 0.326 e. The molecule has 2 amide bonds. The van der Waals surface area contributed by atoms with Gasteiger partial charge in [-0.25, -0.2) is 19.1 Å². The molecule has 0 aliphatic carbocycles. The lowest BCUT2D eigenvalue weighted by Crippen LogP contribution is -2.53. The Labute approximate surface area is 154 Å². The second-order valence-corrected chi connectivity index (χ2v) is 6.65. The predicted octanol–water partition coefficient (Wildman–Crippen LogP) is -0.218. The Morgan fingerprint density at radius 2 is 1.67 bits per heavy atom. The summed E-state index contributed by atoms with van der Waals surface area (Å²) in [5, 5.41) is 39.1. The van der Waals surface area contributed by atoms with Crippen molar-refractivity contribution in [2.24, 2.45) is 0 Å². The van der Waals surface area contributed by atoms with Gasteiger partial charge in [-0.05, 0) is 27.2 Å². The van der Waals surface area contributed by atoms with Gasteiger partial charge in [-0.1, -0.05) is 5.21 Å². The molecule has 0 saturated heterocycles. The molecule has 0 saturated carbocycles. The third-order valence-corrected chi connectivity index (χ3v) is 3.79. The van der Waals surface area contributed by atoms with Gasteiger partial charge in [0.25, 0.3) is 0 Å². The number of carboxylic acid groups (broad SMARTS) is 3. The lowest BCUT2D eigenvalue weighted by atomic mass is 9.95. The molecule has 1 heterocycles. The quantitative estimate of drug-likeness (QED) is 0.363. The number of aliphatic carboxylic acids is 3. The maximum atomic E-state index is 12.0. The number of aromatic nitrogens is 3. The van der Waals surface area contributed by atoms with Crippen LogP contribution in [0.5, 0.6) is 0 Å². The van der Waals surface area contributed by atoms with Crippen molar-refractivity contribution in [2.45, 2.75) is 57.7 Å². The van der Waals surface area contributed by atoms with Crippen molar-refractivity contribution < 1.29 is 34.5 Å². The van der Waals surface area contributed by atoms with Crippen LogP contribution in [0.3, 0.4) is 0 Å². The minimum absolute atomic E-state index is 0.0502. The van der Waals surface area contributed by atoms with E-state index in [0.29, 0.717) is 5.69 Å². The number of urea groups is 1. The molecule has 12 heteroatoms. The molecule has 0 bridgehead atoms. The number of carbonyl (C=O) groups excluding carboxylic acids is 1. The van der Waals surface area contributed by atoms with Crippen molar-refractivity contribution in [3.63, 3.8) is 0 Å². The van der Waals surface area contributed by atoms with E-state index in [0.717, 1.165) is 0 Å². The molecule has 0 radical (unpaired) electrons. The van der Waals surface area contributed by atoms with E-state index in [1.807, 2.05) is 0 Å². The first-order chi connectivity index (χ1) is 12.4. The number of nitrogens with one attached hydrogen (secondary N) is 2. The fourth-order valence-corrected chi connectivity index (χ4v) is 2.32. The van der Waals surface area contributed by atoms with Crippen molar-refractivity contribution in [3.8, 4) is 0 Å². The number of hydrogen-bond acceptors (Lipinski definition) is 6. The van der Waals surface area contributed by atoms with Gasteiger partial charge in [0.15, 0.2) is 0 Å². The molecular formula is C15H23N5O7. The molecule has 0 aromatic carbocycles. The van der Waals surface area contributed by atoms with Gasteiger partial charge in [-0.3, -0.25) is 4.79 Å². The van der Waals surface area contributed by atoms with Gasteiger partial charge in [0.2, 0.25) is 0 Å². The molecule has 27 heavy (non-hydrogen) atoms. The fourth-order valence-electron chi connectivity index (χ4n) is 2.32. The monoisotopic (exact) mass is 385 g/mol. The Hall–Kier alpha value is -3.18. The van der Waals surface area contributed by atoms with Crippen LogP contribution >= 0.6 is 0 Å². The molecule has 5 N–H and O–H groups in total. The normalized spacial score (nSPS) is 13.4. The highest BCUT2D eigenvalue weighted by molar-refractivity contribution is 5.86. The predicted molar refractivity (Wildman–Crippen MR) is 90.1 cm³/mol. The minimum Gasteiger partial charge on any atom is -0.481 e. The lowest BCUT2D eigenvalue weighted by Gasteiger charge is -2.28. The summed E-state index contributed by atoms with van der Waals surface area (Å²) in [4.78, 5) is 45.2. The second kappa shape index (κ2) is 8.96. The number of carbonyl (C=O) groups is 4.